The first kappa shape index (κ1) is 19.3. The summed E-state index contributed by atoms with van der Waals surface area (Å²) in [7, 11) is 0. The summed E-state index contributed by atoms with van der Waals surface area (Å²) in [6, 6.07) is 17.0. The van der Waals surface area contributed by atoms with Crippen molar-refractivity contribution in [3.8, 4) is 0 Å². The molecule has 0 aliphatic heterocycles. The number of amides is 1. The predicted octanol–water partition coefficient (Wildman–Crippen LogP) is 5.36. The van der Waals surface area contributed by atoms with Gasteiger partial charge in [-0.25, -0.2) is 5.43 Å². The molecule has 0 saturated heterocycles. The largest absolute Gasteiger partial charge is 0.273 e. The molecule has 1 N–H and O–H groups in total. The lowest BCUT2D eigenvalue weighted by Gasteiger charge is -2.19. The monoisotopic (exact) mass is 362 g/mol. The maximum Gasteiger partial charge on any atom is 0.243 e. The predicted molar refractivity (Wildman–Crippen MR) is 112 cm³/mol. The zero-order chi connectivity index (χ0) is 19.6. The Balaban J connectivity index is 1.52. The highest BCUT2D eigenvalue weighted by atomic mass is 16.2. The van der Waals surface area contributed by atoms with Crippen LogP contribution in [0.4, 0.5) is 0 Å². The third-order valence-electron chi connectivity index (χ3n) is 5.32. The molecule has 2 unspecified atom stereocenters. The van der Waals surface area contributed by atoms with Crippen molar-refractivity contribution in [1.29, 1.82) is 0 Å². The number of nitrogens with one attached hydrogen (secondary N) is 1. The van der Waals surface area contributed by atoms with Gasteiger partial charge in [0.05, 0.1) is 6.21 Å². The fourth-order valence-corrected chi connectivity index (χ4v) is 3.30. The van der Waals surface area contributed by atoms with E-state index in [4.69, 9.17) is 0 Å². The normalized spacial score (nSPS) is 19.5. The van der Waals surface area contributed by atoms with Gasteiger partial charge in [-0.1, -0.05) is 83.1 Å². The van der Waals surface area contributed by atoms with Gasteiger partial charge >= 0.3 is 0 Å². The molecular formula is C24H30N2O. The van der Waals surface area contributed by atoms with E-state index in [1.54, 1.807) is 6.21 Å². The molecule has 1 aliphatic carbocycles. The van der Waals surface area contributed by atoms with E-state index < -0.39 is 0 Å². The highest BCUT2D eigenvalue weighted by Gasteiger charge is 2.43. The van der Waals surface area contributed by atoms with Crippen LogP contribution < -0.4 is 5.43 Å². The molecule has 3 nitrogen and oxygen atoms in total. The second-order valence-corrected chi connectivity index (χ2v) is 8.88. The molecule has 0 radical (unpaired) electrons. The van der Waals surface area contributed by atoms with E-state index in [2.05, 4.69) is 81.5 Å². The van der Waals surface area contributed by atoms with Crippen LogP contribution in [0.25, 0.3) is 0 Å². The molecular weight excluding hydrogens is 332 g/mol. The Morgan fingerprint density at radius 2 is 1.70 bits per heavy atom. The summed E-state index contributed by atoms with van der Waals surface area (Å²) in [6.45, 7) is 11.0. The van der Waals surface area contributed by atoms with E-state index in [9.17, 15) is 4.79 Å². The molecule has 1 aliphatic rings. The number of hydrogen-bond acceptors (Lipinski definition) is 2. The lowest BCUT2D eigenvalue weighted by atomic mass is 9.86. The zero-order valence-corrected chi connectivity index (χ0v) is 17.0. The summed E-state index contributed by atoms with van der Waals surface area (Å²) in [5, 5.41) is 4.13. The van der Waals surface area contributed by atoms with Gasteiger partial charge < -0.3 is 0 Å². The van der Waals surface area contributed by atoms with Crippen LogP contribution in [0.1, 0.15) is 75.1 Å². The highest BCUT2D eigenvalue weighted by molar-refractivity contribution is 5.85. The average molecular weight is 363 g/mol. The molecule has 0 spiro atoms. The quantitative estimate of drug-likeness (QED) is 0.564. The van der Waals surface area contributed by atoms with E-state index in [1.807, 2.05) is 12.1 Å². The average Bonchev–Trinajstić information content (AvgIpc) is 3.42. The summed E-state index contributed by atoms with van der Waals surface area (Å²) in [4.78, 5) is 12.3. The highest BCUT2D eigenvalue weighted by Crippen LogP contribution is 2.47. The van der Waals surface area contributed by atoms with Crippen molar-refractivity contribution in [3.05, 3.63) is 70.8 Å². The maximum atomic E-state index is 12.3. The second kappa shape index (κ2) is 7.67. The number of benzene rings is 2. The van der Waals surface area contributed by atoms with Crippen molar-refractivity contribution in [1.82, 2.24) is 5.43 Å². The van der Waals surface area contributed by atoms with Crippen molar-refractivity contribution in [3.63, 3.8) is 0 Å². The van der Waals surface area contributed by atoms with Crippen molar-refractivity contribution in [2.45, 2.75) is 58.3 Å². The van der Waals surface area contributed by atoms with Gasteiger partial charge in [0.2, 0.25) is 5.91 Å². The Morgan fingerprint density at radius 3 is 2.26 bits per heavy atom. The molecule has 27 heavy (non-hydrogen) atoms. The van der Waals surface area contributed by atoms with Crippen LogP contribution in [0.5, 0.6) is 0 Å². The standard InChI is InChI=1S/C24H30N2O/c1-16(2)18-8-6-17(7-9-18)15-25-26-23(27)22-14-21(22)19-10-12-20(13-11-19)24(3,4)5/h6-13,15-16,21-22H,14H2,1-5H3,(H,26,27)/b25-15-. The number of nitrogens with zero attached hydrogens (tertiary/aromatic N) is 1. The van der Waals surface area contributed by atoms with Crippen LogP contribution in [-0.2, 0) is 10.2 Å². The van der Waals surface area contributed by atoms with Crippen LogP contribution in [0.15, 0.2) is 53.6 Å². The molecule has 3 heteroatoms. The summed E-state index contributed by atoms with van der Waals surface area (Å²) in [6.07, 6.45) is 2.61. The number of carbonyl (C=O) groups is 1. The van der Waals surface area contributed by atoms with Gasteiger partial charge in [0.15, 0.2) is 0 Å². The topological polar surface area (TPSA) is 41.5 Å². The molecule has 0 aromatic heterocycles. The first-order chi connectivity index (χ1) is 12.8. The van der Waals surface area contributed by atoms with Gasteiger partial charge in [0, 0.05) is 5.92 Å². The first-order valence-electron chi connectivity index (χ1n) is 9.79. The first-order valence-corrected chi connectivity index (χ1v) is 9.79. The fourth-order valence-electron chi connectivity index (χ4n) is 3.30. The lowest BCUT2D eigenvalue weighted by molar-refractivity contribution is -0.122. The fraction of sp³-hybridized carbons (Fsp3) is 0.417. The second-order valence-electron chi connectivity index (χ2n) is 8.88. The third kappa shape index (κ3) is 4.85. The molecule has 0 bridgehead atoms. The number of hydrazone groups is 1. The minimum Gasteiger partial charge on any atom is -0.273 e. The van der Waals surface area contributed by atoms with Crippen LogP contribution in [0, 0.1) is 5.92 Å². The Morgan fingerprint density at radius 1 is 1.07 bits per heavy atom. The molecule has 142 valence electrons. The molecule has 2 aromatic carbocycles. The van der Waals surface area contributed by atoms with Gasteiger partial charge in [-0.2, -0.15) is 5.10 Å². The minimum absolute atomic E-state index is 0.00921. The summed E-state index contributed by atoms with van der Waals surface area (Å²) >= 11 is 0. The molecule has 0 heterocycles. The van der Waals surface area contributed by atoms with Crippen LogP contribution >= 0.6 is 0 Å². The van der Waals surface area contributed by atoms with Crippen molar-refractivity contribution in [2.75, 3.05) is 0 Å². The Labute approximate surface area is 162 Å². The Hall–Kier alpha value is -2.42. The molecule has 1 fully saturated rings. The molecule has 2 atom stereocenters. The van der Waals surface area contributed by atoms with E-state index in [1.165, 1.54) is 16.7 Å². The summed E-state index contributed by atoms with van der Waals surface area (Å²) in [5.41, 5.74) is 7.71. The summed E-state index contributed by atoms with van der Waals surface area (Å²) < 4.78 is 0. The van der Waals surface area contributed by atoms with E-state index in [0.717, 1.165) is 12.0 Å². The van der Waals surface area contributed by atoms with Crippen LogP contribution in [0.2, 0.25) is 0 Å². The van der Waals surface area contributed by atoms with Gasteiger partial charge in [-0.15, -0.1) is 0 Å². The lowest BCUT2D eigenvalue weighted by Crippen LogP contribution is -2.20. The van der Waals surface area contributed by atoms with Gasteiger partial charge in [0.1, 0.15) is 0 Å². The molecule has 1 saturated carbocycles. The maximum absolute atomic E-state index is 12.3. The van der Waals surface area contributed by atoms with Crippen molar-refractivity contribution >= 4 is 12.1 Å². The van der Waals surface area contributed by atoms with Crippen LogP contribution in [0.3, 0.4) is 0 Å². The summed E-state index contributed by atoms with van der Waals surface area (Å²) in [5.74, 6) is 0.875. The molecule has 3 rings (SSSR count). The van der Waals surface area contributed by atoms with Crippen LogP contribution in [-0.4, -0.2) is 12.1 Å². The minimum atomic E-state index is 0.00921. The van der Waals surface area contributed by atoms with Gasteiger partial charge in [0.25, 0.3) is 0 Å². The van der Waals surface area contributed by atoms with E-state index >= 15 is 0 Å². The smallest absolute Gasteiger partial charge is 0.243 e. The van der Waals surface area contributed by atoms with Gasteiger partial charge in [-0.05, 0) is 45.9 Å². The SMILES string of the molecule is CC(C)c1ccc(/C=N\NC(=O)C2CC2c2ccc(C(C)(C)C)cc2)cc1. The molecule has 2 aromatic rings. The Kier molecular flexibility index (Phi) is 5.50. The number of carbonyl (C=O) groups excluding carboxylic acids is 1. The van der Waals surface area contributed by atoms with E-state index in [0.29, 0.717) is 11.8 Å². The number of hydrogen-bond donors (Lipinski definition) is 1. The zero-order valence-electron chi connectivity index (χ0n) is 17.0. The Bertz CT molecular complexity index is 811. The van der Waals surface area contributed by atoms with Gasteiger partial charge in [-0.3, -0.25) is 4.79 Å². The number of rotatable bonds is 5. The molecule has 1 amide bonds. The van der Waals surface area contributed by atoms with E-state index in [-0.39, 0.29) is 17.2 Å². The van der Waals surface area contributed by atoms with Crippen molar-refractivity contribution < 1.29 is 4.79 Å². The third-order valence-corrected chi connectivity index (χ3v) is 5.32. The van der Waals surface area contributed by atoms with Crippen molar-refractivity contribution in [2.24, 2.45) is 11.0 Å².